The molecule has 0 bridgehead atoms. The van der Waals surface area contributed by atoms with Crippen LogP contribution in [0.25, 0.3) is 0 Å². The minimum Gasteiger partial charge on any atom is -0.350 e. The molecule has 0 unspecified atom stereocenters. The van der Waals surface area contributed by atoms with E-state index in [-0.39, 0.29) is 24.1 Å². The number of thiazole rings is 1. The summed E-state index contributed by atoms with van der Waals surface area (Å²) in [6, 6.07) is 4.29. The highest BCUT2D eigenvalue weighted by atomic mass is 35.5. The SMILES string of the molecule is CC(C)(CNC(=O)c1csc(CCN)n1)c1ccc(F)cc1Cl.Cl. The van der Waals surface area contributed by atoms with Crippen LogP contribution in [0.5, 0.6) is 0 Å². The number of amides is 1. The normalized spacial score (nSPS) is 11.0. The van der Waals surface area contributed by atoms with Gasteiger partial charge in [0.15, 0.2) is 0 Å². The van der Waals surface area contributed by atoms with E-state index in [1.54, 1.807) is 11.4 Å². The standard InChI is InChI=1S/C16H19ClFN3OS.ClH/c1-16(2,11-4-3-10(18)7-12(11)17)9-20-15(22)13-8-23-14(21-13)5-6-19;/h3-4,7-8H,5-6,9,19H2,1-2H3,(H,20,22);1H. The Morgan fingerprint density at radius 2 is 2.17 bits per heavy atom. The van der Waals surface area contributed by atoms with E-state index in [1.165, 1.54) is 23.5 Å². The van der Waals surface area contributed by atoms with Gasteiger partial charge in [0.2, 0.25) is 0 Å². The molecule has 2 rings (SSSR count). The van der Waals surface area contributed by atoms with Gasteiger partial charge in [-0.05, 0) is 24.2 Å². The van der Waals surface area contributed by atoms with Crippen LogP contribution in [0.2, 0.25) is 5.02 Å². The average Bonchev–Trinajstić information content (AvgIpc) is 2.93. The molecule has 2 aromatic rings. The summed E-state index contributed by atoms with van der Waals surface area (Å²) in [6.45, 7) is 4.74. The van der Waals surface area contributed by atoms with E-state index < -0.39 is 5.41 Å². The van der Waals surface area contributed by atoms with Gasteiger partial charge in [-0.25, -0.2) is 9.37 Å². The molecule has 1 amide bonds. The number of carbonyl (C=O) groups is 1. The summed E-state index contributed by atoms with van der Waals surface area (Å²) in [4.78, 5) is 16.4. The largest absolute Gasteiger partial charge is 0.350 e. The number of aromatic nitrogens is 1. The van der Waals surface area contributed by atoms with Crippen LogP contribution < -0.4 is 11.1 Å². The lowest BCUT2D eigenvalue weighted by molar-refractivity contribution is 0.0941. The first-order valence-electron chi connectivity index (χ1n) is 7.21. The highest BCUT2D eigenvalue weighted by molar-refractivity contribution is 7.09. The summed E-state index contributed by atoms with van der Waals surface area (Å²) < 4.78 is 13.2. The van der Waals surface area contributed by atoms with Gasteiger partial charge in [0.05, 0.1) is 5.01 Å². The van der Waals surface area contributed by atoms with Crippen molar-refractivity contribution in [3.63, 3.8) is 0 Å². The lowest BCUT2D eigenvalue weighted by Crippen LogP contribution is -2.37. The van der Waals surface area contributed by atoms with Crippen molar-refractivity contribution in [3.05, 3.63) is 50.7 Å². The third kappa shape index (κ3) is 5.14. The van der Waals surface area contributed by atoms with Crippen molar-refractivity contribution in [2.24, 2.45) is 5.73 Å². The van der Waals surface area contributed by atoms with Crippen LogP contribution in [0.15, 0.2) is 23.6 Å². The zero-order valence-corrected chi connectivity index (χ0v) is 15.8. The quantitative estimate of drug-likeness (QED) is 0.790. The highest BCUT2D eigenvalue weighted by Gasteiger charge is 2.25. The van der Waals surface area contributed by atoms with Gasteiger partial charge in [-0.1, -0.05) is 31.5 Å². The molecule has 0 radical (unpaired) electrons. The van der Waals surface area contributed by atoms with Gasteiger partial charge in [-0.2, -0.15) is 0 Å². The molecular formula is C16H20Cl2FN3OS. The van der Waals surface area contributed by atoms with Gasteiger partial charge in [0, 0.05) is 28.8 Å². The van der Waals surface area contributed by atoms with Crippen molar-refractivity contribution in [1.82, 2.24) is 10.3 Å². The lowest BCUT2D eigenvalue weighted by atomic mass is 9.84. The van der Waals surface area contributed by atoms with Gasteiger partial charge in [0.25, 0.3) is 5.91 Å². The number of rotatable bonds is 6. The molecule has 1 aromatic heterocycles. The van der Waals surface area contributed by atoms with Crippen LogP contribution in [-0.2, 0) is 11.8 Å². The lowest BCUT2D eigenvalue weighted by Gasteiger charge is -2.26. The van der Waals surface area contributed by atoms with E-state index in [9.17, 15) is 9.18 Å². The fraction of sp³-hybridized carbons (Fsp3) is 0.375. The Bertz CT molecular complexity index is 706. The van der Waals surface area contributed by atoms with Crippen molar-refractivity contribution < 1.29 is 9.18 Å². The molecule has 0 aliphatic rings. The van der Waals surface area contributed by atoms with Crippen LogP contribution in [0, 0.1) is 5.82 Å². The Morgan fingerprint density at radius 3 is 2.79 bits per heavy atom. The summed E-state index contributed by atoms with van der Waals surface area (Å²) in [6.07, 6.45) is 0.661. The Hall–Kier alpha value is -1.21. The van der Waals surface area contributed by atoms with Crippen molar-refractivity contribution in [2.75, 3.05) is 13.1 Å². The van der Waals surface area contributed by atoms with E-state index in [4.69, 9.17) is 17.3 Å². The molecule has 3 N–H and O–H groups in total. The summed E-state index contributed by atoms with van der Waals surface area (Å²) in [5.41, 5.74) is 6.21. The van der Waals surface area contributed by atoms with Crippen molar-refractivity contribution in [2.45, 2.75) is 25.7 Å². The summed E-state index contributed by atoms with van der Waals surface area (Å²) >= 11 is 7.53. The zero-order chi connectivity index (χ0) is 17.0. The molecule has 0 aliphatic heterocycles. The molecule has 1 aromatic carbocycles. The Labute approximate surface area is 156 Å². The second kappa shape index (κ2) is 8.76. The van der Waals surface area contributed by atoms with Crippen LogP contribution in [0.4, 0.5) is 4.39 Å². The minimum atomic E-state index is -0.434. The van der Waals surface area contributed by atoms with Crippen LogP contribution in [0.1, 0.15) is 34.9 Å². The monoisotopic (exact) mass is 391 g/mol. The maximum atomic E-state index is 13.2. The second-order valence-corrected chi connectivity index (χ2v) is 7.21. The van der Waals surface area contributed by atoms with E-state index in [0.717, 1.165) is 10.6 Å². The molecule has 0 fully saturated rings. The van der Waals surface area contributed by atoms with E-state index in [2.05, 4.69) is 10.3 Å². The predicted octanol–water partition coefficient (Wildman–Crippen LogP) is 3.57. The predicted molar refractivity (Wildman–Crippen MR) is 98.9 cm³/mol. The number of carbonyl (C=O) groups excluding carboxylic acids is 1. The third-order valence-electron chi connectivity index (χ3n) is 3.49. The molecule has 1 heterocycles. The van der Waals surface area contributed by atoms with Gasteiger partial charge in [0.1, 0.15) is 11.5 Å². The smallest absolute Gasteiger partial charge is 0.270 e. The first-order valence-corrected chi connectivity index (χ1v) is 8.47. The number of hydrogen-bond acceptors (Lipinski definition) is 4. The number of nitrogens with zero attached hydrogens (tertiary/aromatic N) is 1. The highest BCUT2D eigenvalue weighted by Crippen LogP contribution is 2.30. The topological polar surface area (TPSA) is 68.0 Å². The van der Waals surface area contributed by atoms with Gasteiger partial charge < -0.3 is 11.1 Å². The number of nitrogens with one attached hydrogen (secondary N) is 1. The molecule has 0 aliphatic carbocycles. The summed E-state index contributed by atoms with van der Waals surface area (Å²) in [5.74, 6) is -0.621. The molecule has 0 saturated heterocycles. The maximum absolute atomic E-state index is 13.2. The summed E-state index contributed by atoms with van der Waals surface area (Å²) in [5, 5.41) is 5.77. The fourth-order valence-electron chi connectivity index (χ4n) is 2.18. The van der Waals surface area contributed by atoms with Gasteiger partial charge in [-0.15, -0.1) is 23.7 Å². The van der Waals surface area contributed by atoms with Crippen molar-refractivity contribution in [1.29, 1.82) is 0 Å². The second-order valence-electron chi connectivity index (χ2n) is 5.86. The molecule has 8 heteroatoms. The molecule has 132 valence electrons. The van der Waals surface area contributed by atoms with Crippen molar-refractivity contribution in [3.8, 4) is 0 Å². The number of benzene rings is 1. The number of halogens is 3. The molecule has 0 atom stereocenters. The van der Waals surface area contributed by atoms with E-state index in [1.807, 2.05) is 13.8 Å². The van der Waals surface area contributed by atoms with Crippen molar-refractivity contribution >= 4 is 41.3 Å². The first-order chi connectivity index (χ1) is 10.8. The maximum Gasteiger partial charge on any atom is 0.270 e. The number of hydrogen-bond donors (Lipinski definition) is 2. The van der Waals surface area contributed by atoms with Crippen LogP contribution in [-0.4, -0.2) is 24.0 Å². The Kier molecular flexibility index (Phi) is 7.60. The fourth-order valence-corrected chi connectivity index (χ4v) is 3.40. The molecule has 0 spiro atoms. The van der Waals surface area contributed by atoms with E-state index >= 15 is 0 Å². The van der Waals surface area contributed by atoms with E-state index in [0.29, 0.717) is 30.2 Å². The van der Waals surface area contributed by atoms with Gasteiger partial charge >= 0.3 is 0 Å². The Morgan fingerprint density at radius 1 is 1.46 bits per heavy atom. The molecular weight excluding hydrogens is 372 g/mol. The van der Waals surface area contributed by atoms with Crippen LogP contribution in [0.3, 0.4) is 0 Å². The average molecular weight is 392 g/mol. The summed E-state index contributed by atoms with van der Waals surface area (Å²) in [7, 11) is 0. The zero-order valence-electron chi connectivity index (χ0n) is 13.4. The molecule has 4 nitrogen and oxygen atoms in total. The Balaban J connectivity index is 0.00000288. The molecule has 0 saturated carbocycles. The molecule has 24 heavy (non-hydrogen) atoms. The van der Waals surface area contributed by atoms with Gasteiger partial charge in [-0.3, -0.25) is 4.79 Å². The van der Waals surface area contributed by atoms with Crippen LogP contribution >= 0.6 is 35.3 Å². The third-order valence-corrected chi connectivity index (χ3v) is 4.72. The minimum absolute atomic E-state index is 0. The number of nitrogens with two attached hydrogens (primary N) is 1. The first kappa shape index (κ1) is 20.8.